The molecule has 27 atom stereocenters. The summed E-state index contributed by atoms with van der Waals surface area (Å²) in [5.74, 6) is -8.21. The van der Waals surface area contributed by atoms with Crippen molar-refractivity contribution in [2.24, 2.45) is 11.1 Å². The number of allylic oxidation sites excluding steroid dienone is 10. The number of ether oxygens (including phenoxy) is 11. The number of hydrogen-bond acceptors (Lipinski definition) is 32. The van der Waals surface area contributed by atoms with Crippen LogP contribution in [0.15, 0.2) is 70.7 Å². The molecule has 19 N–H and O–H groups in total. The summed E-state index contributed by atoms with van der Waals surface area (Å²) in [7, 11) is -5.89. The summed E-state index contributed by atoms with van der Waals surface area (Å²) in [6.07, 6.45) is -36.2. The van der Waals surface area contributed by atoms with Gasteiger partial charge in [0.05, 0.1) is 32.5 Å². The number of nitrogens with one attached hydrogen (secondary N) is 3. The van der Waals surface area contributed by atoms with E-state index in [1.54, 1.807) is 13.0 Å². The molecule has 40 heteroatoms. The highest BCUT2D eigenvalue weighted by Crippen LogP contribution is 2.49. The van der Waals surface area contributed by atoms with E-state index in [1.165, 1.54) is 18.1 Å². The Morgan fingerprint density at radius 1 is 0.716 bits per heavy atom. The fourth-order valence-corrected chi connectivity index (χ4v) is 13.4. The highest BCUT2D eigenvalue weighted by atomic mass is 31.2. The summed E-state index contributed by atoms with van der Waals surface area (Å²) in [6, 6.07) is -4.03. The minimum atomic E-state index is -5.89. The second kappa shape index (κ2) is 40.5. The summed E-state index contributed by atoms with van der Waals surface area (Å²) >= 11 is 0. The predicted octanol–water partition coefficient (Wildman–Crippen LogP) is -1.43. The van der Waals surface area contributed by atoms with E-state index in [1.807, 2.05) is 6.08 Å². The summed E-state index contributed by atoms with van der Waals surface area (Å²) in [4.78, 5) is 101. The molecular weight excluding hydrogens is 1480 g/mol. The summed E-state index contributed by atoms with van der Waals surface area (Å²) < 4.78 is 88.5. The number of rotatable bonds is 37. The van der Waals surface area contributed by atoms with Crippen molar-refractivity contribution in [2.45, 2.75) is 286 Å². The Morgan fingerprint density at radius 2 is 1.29 bits per heavy atom. The molecule has 0 aromatic carbocycles. The molecule has 4 amide bonds. The molecule has 0 aromatic heterocycles. The fourth-order valence-electron chi connectivity index (χ4n) is 12.6. The molecule has 0 bridgehead atoms. The number of carbonyl (C=O) groups excluding carboxylic acids is 5. The SMILES string of the molecule is C=C(C/C=C(\C)CCC=C(C)C)CCC(C)(C)/C=C/CC/C(C)=C\CO[C@H](COP(=O)(O)O[C@H]1O[C@H](C(=O)O)[C@@](C)(O)[C@H](OC(N)=O)[C@H]1O[C@@H]1O[C@H](CO[C@@H]2O[C@H](CO)[C@@H](O)[C@H](O)[C@H]2O)[C@@H](O[C@@H]2OC(C)[C@@H](O[C@@H]3O[C@H](C(=O)NC4=C(O)CCC4=O)[C@H](O)[C@H](O)[C@H]3O)[C@H](O)[C@H]2NC(C)=O)[C@H](O)[C@H]1NC(C)=O)C(=O)O. The minimum absolute atomic E-state index is 0.131. The van der Waals surface area contributed by atoms with Crippen LogP contribution in [-0.2, 0) is 94.5 Å². The lowest BCUT2D eigenvalue weighted by Crippen LogP contribution is -2.72. The van der Waals surface area contributed by atoms with Gasteiger partial charge < -0.3 is 145 Å². The number of carboxylic acid groups (broad SMARTS) is 2. The lowest BCUT2D eigenvalue weighted by atomic mass is 9.85. The lowest BCUT2D eigenvalue weighted by Gasteiger charge is -2.51. The van der Waals surface area contributed by atoms with Crippen molar-refractivity contribution in [1.29, 1.82) is 0 Å². The Labute approximate surface area is 628 Å². The molecule has 39 nitrogen and oxygen atoms in total. The topological polar surface area (TPSA) is 602 Å². The predicted molar refractivity (Wildman–Crippen MR) is 370 cm³/mol. The smallest absolute Gasteiger partial charge is 0.474 e. The zero-order valence-corrected chi connectivity index (χ0v) is 63.0. The van der Waals surface area contributed by atoms with Crippen molar-refractivity contribution < 1.29 is 171 Å². The van der Waals surface area contributed by atoms with Crippen molar-refractivity contribution in [1.82, 2.24) is 16.0 Å². The molecule has 1 aliphatic carbocycles. The number of Topliss-reactive ketones (excluding diaryl/α,β-unsaturated/α-hetero) is 1. The van der Waals surface area contributed by atoms with Crippen LogP contribution in [0.5, 0.6) is 0 Å². The van der Waals surface area contributed by atoms with E-state index in [4.69, 9.17) is 66.9 Å². The van der Waals surface area contributed by atoms with Gasteiger partial charge in [0, 0.05) is 26.7 Å². The molecule has 0 radical (unpaired) electrons. The van der Waals surface area contributed by atoms with Crippen LogP contribution in [0.3, 0.4) is 0 Å². The fraction of sp³-hybridized carbons (Fsp3) is 0.725. The van der Waals surface area contributed by atoms with Gasteiger partial charge in [0.1, 0.15) is 102 Å². The molecule has 109 heavy (non-hydrogen) atoms. The number of amides is 4. The van der Waals surface area contributed by atoms with Gasteiger partial charge in [0.25, 0.3) is 5.91 Å². The largest absolute Gasteiger partial charge is 0.510 e. The second-order valence-corrected chi connectivity index (χ2v) is 30.2. The minimum Gasteiger partial charge on any atom is -0.510 e. The first-order chi connectivity index (χ1) is 50.9. The zero-order valence-electron chi connectivity index (χ0n) is 62.1. The van der Waals surface area contributed by atoms with E-state index < -0.39 is 240 Å². The van der Waals surface area contributed by atoms with Gasteiger partial charge >= 0.3 is 25.9 Å². The Morgan fingerprint density at radius 3 is 1.88 bits per heavy atom. The van der Waals surface area contributed by atoms with Crippen molar-refractivity contribution in [3.05, 3.63) is 70.7 Å². The van der Waals surface area contributed by atoms with E-state index in [2.05, 4.69) is 75.4 Å². The molecule has 0 spiro atoms. The molecule has 5 heterocycles. The van der Waals surface area contributed by atoms with Gasteiger partial charge in [-0.1, -0.05) is 73.1 Å². The van der Waals surface area contributed by atoms with Gasteiger partial charge in [-0.25, -0.2) is 18.9 Å². The molecular formula is C69H107N4O35P. The number of nitrogens with two attached hydrogens (primary N) is 1. The Kier molecular flexibility index (Phi) is 34.1. The van der Waals surface area contributed by atoms with Crippen LogP contribution in [0.25, 0.3) is 0 Å². The average Bonchev–Trinajstić information content (AvgIpc) is 1.80. The van der Waals surface area contributed by atoms with Crippen molar-refractivity contribution in [2.75, 3.05) is 26.4 Å². The molecule has 618 valence electrons. The average molecular weight is 1580 g/mol. The van der Waals surface area contributed by atoms with Gasteiger partial charge in [0.15, 0.2) is 67.8 Å². The number of primary amides is 1. The Balaban J connectivity index is 1.25. The number of carbonyl (C=O) groups is 7. The van der Waals surface area contributed by atoms with E-state index >= 15 is 0 Å². The summed E-state index contributed by atoms with van der Waals surface area (Å²) in [5, 5.41) is 149. The maximum Gasteiger partial charge on any atom is 0.474 e. The maximum absolute atomic E-state index is 14.1. The van der Waals surface area contributed by atoms with Crippen molar-refractivity contribution in [3.8, 4) is 0 Å². The highest BCUT2D eigenvalue weighted by molar-refractivity contribution is 7.47. The van der Waals surface area contributed by atoms with Crippen LogP contribution in [0.2, 0.25) is 0 Å². The zero-order chi connectivity index (χ0) is 81.5. The number of aliphatic carboxylic acids is 2. The van der Waals surface area contributed by atoms with Crippen LogP contribution >= 0.6 is 7.82 Å². The third-order valence-corrected chi connectivity index (χ3v) is 19.8. The van der Waals surface area contributed by atoms with Crippen molar-refractivity contribution >= 4 is 49.4 Å². The molecule has 2 unspecified atom stereocenters. The molecule has 0 saturated carbocycles. The number of carboxylic acids is 2. The van der Waals surface area contributed by atoms with Crippen LogP contribution in [0.1, 0.15) is 127 Å². The molecule has 5 saturated heterocycles. The van der Waals surface area contributed by atoms with Crippen LogP contribution in [0, 0.1) is 5.41 Å². The van der Waals surface area contributed by atoms with Crippen LogP contribution in [0.4, 0.5) is 4.79 Å². The number of phosphoric acid groups is 1. The van der Waals surface area contributed by atoms with E-state index in [0.29, 0.717) is 19.8 Å². The summed E-state index contributed by atoms with van der Waals surface area (Å²) in [6.45, 7) is 16.6. The molecule has 0 aromatic rings. The number of aliphatic hydroxyl groups excluding tert-OH is 10. The van der Waals surface area contributed by atoms with Gasteiger partial charge in [-0.2, -0.15) is 0 Å². The molecule has 5 fully saturated rings. The van der Waals surface area contributed by atoms with Crippen molar-refractivity contribution in [3.63, 3.8) is 0 Å². The van der Waals surface area contributed by atoms with E-state index in [0.717, 1.165) is 57.1 Å². The number of phosphoric ester groups is 1. The van der Waals surface area contributed by atoms with E-state index in [9.17, 15) is 109 Å². The number of ketones is 1. The Hall–Kier alpha value is -6.16. The molecule has 6 aliphatic rings. The first kappa shape index (κ1) is 91.7. The second-order valence-electron chi connectivity index (χ2n) is 28.8. The monoisotopic (exact) mass is 1580 g/mol. The first-order valence-corrected chi connectivity index (χ1v) is 36.8. The van der Waals surface area contributed by atoms with Gasteiger partial charge in [-0.15, -0.1) is 0 Å². The quantitative estimate of drug-likeness (QED) is 0.0250. The maximum atomic E-state index is 14.1. The Bertz CT molecular complexity index is 3360. The van der Waals surface area contributed by atoms with Gasteiger partial charge in [-0.3, -0.25) is 28.2 Å². The normalized spacial score (nSPS) is 35.6. The number of hydrogen-bond donors (Lipinski definition) is 18. The third-order valence-electron chi connectivity index (χ3n) is 18.9. The number of aliphatic hydroxyl groups is 11. The lowest BCUT2D eigenvalue weighted by molar-refractivity contribution is -0.375. The molecule has 5 aliphatic heterocycles. The van der Waals surface area contributed by atoms with Crippen LogP contribution in [-0.4, -0.2) is 298 Å². The highest BCUT2D eigenvalue weighted by Gasteiger charge is 2.63. The standard InChI is InChI=1S/C69H107N4O35P/c1-30(2)15-14-17-31(3)18-19-33(5)22-25-68(9,10)24-13-12-16-32(4)23-26-96-41(60(88)89)29-98-109(94,95)108-66-56(57(107-67(70)92)69(11,93)58(106-66)61(90)91)105-63-44(72-36(8)76)47(81)54(40(101-63)28-97-64-51(85)48(82)45(79)39(27-74)100-64)103-62-43(71-35(7)75)46(80)53(34(6)99-62)102-65-52(86)49(83)50(84)55(104-65)59(87)73-42-37(77)20-21-38(42)78/h13,15,18,23-24,34,39-41,43-58,62-66,74,77,79-86,93H,5,12,14,16-17,19-22,25-29H2,1-4,6-11H3,(H2,70,92)(H,71,75)(H,72,76)(H,73,87)(H,88,89)(H,90,91)(H,94,95)/b24-13+,31-18+,32-23-/t34?,39-,40-,41-,43-,44-,45-,46-,47-,48+,49+,50-,51-,52-,53-,54-,55+,56-,57-,58-,62+,63+,64-,65-,66-,69+/m1/s1. The first-order valence-electron chi connectivity index (χ1n) is 35.3. The van der Waals surface area contributed by atoms with Gasteiger partial charge in [-0.05, 0) is 91.9 Å². The van der Waals surface area contributed by atoms with E-state index in [-0.39, 0.29) is 24.9 Å². The third kappa shape index (κ3) is 25.4. The molecule has 6 rings (SSSR count). The van der Waals surface area contributed by atoms with Crippen LogP contribution < -0.4 is 21.7 Å². The summed E-state index contributed by atoms with van der Waals surface area (Å²) in [5.41, 5.74) is 6.20. The van der Waals surface area contributed by atoms with Gasteiger partial charge in [0.2, 0.25) is 11.8 Å².